The molecule has 7 nitrogen and oxygen atoms in total. The third-order valence-electron chi connectivity index (χ3n) is 5.90. The van der Waals surface area contributed by atoms with Crippen molar-refractivity contribution in [1.29, 1.82) is 5.26 Å². The SMILES string of the molecule is CCOC(=O)[C@H](Cc1ccccc1)NC(=O)C(C)(C)C(CC(C)C)NC(=O)c1ccc(C#N)cc1. The summed E-state index contributed by atoms with van der Waals surface area (Å²) >= 11 is 0. The quantitative estimate of drug-likeness (QED) is 0.475. The minimum Gasteiger partial charge on any atom is -0.464 e. The average Bonchev–Trinajstić information content (AvgIpc) is 2.83. The Labute approximate surface area is 207 Å². The molecule has 2 aromatic rings. The fraction of sp³-hybridized carbons (Fsp3) is 0.429. The lowest BCUT2D eigenvalue weighted by Crippen LogP contribution is -2.56. The van der Waals surface area contributed by atoms with E-state index in [1.165, 1.54) is 0 Å². The molecule has 2 aromatic carbocycles. The van der Waals surface area contributed by atoms with Gasteiger partial charge in [-0.15, -0.1) is 0 Å². The highest BCUT2D eigenvalue weighted by atomic mass is 16.5. The van der Waals surface area contributed by atoms with Crippen molar-refractivity contribution in [3.05, 3.63) is 71.3 Å². The van der Waals surface area contributed by atoms with Crippen molar-refractivity contribution in [2.45, 2.75) is 59.5 Å². The van der Waals surface area contributed by atoms with Crippen molar-refractivity contribution in [2.24, 2.45) is 11.3 Å². The van der Waals surface area contributed by atoms with Gasteiger partial charge in [0.15, 0.2) is 0 Å². The van der Waals surface area contributed by atoms with Gasteiger partial charge in [0.1, 0.15) is 6.04 Å². The van der Waals surface area contributed by atoms with Gasteiger partial charge in [0.2, 0.25) is 5.91 Å². The van der Waals surface area contributed by atoms with Gasteiger partial charge in [0, 0.05) is 18.0 Å². The number of nitrogens with one attached hydrogen (secondary N) is 2. The zero-order valence-corrected chi connectivity index (χ0v) is 21.1. The number of hydrogen-bond donors (Lipinski definition) is 2. The van der Waals surface area contributed by atoms with Gasteiger partial charge in [-0.05, 0) is 62.9 Å². The van der Waals surface area contributed by atoms with E-state index in [2.05, 4.69) is 10.6 Å². The molecule has 0 aromatic heterocycles. The summed E-state index contributed by atoms with van der Waals surface area (Å²) in [4.78, 5) is 39.1. The molecule has 7 heteroatoms. The van der Waals surface area contributed by atoms with Crippen LogP contribution in [-0.4, -0.2) is 36.5 Å². The van der Waals surface area contributed by atoms with E-state index in [1.54, 1.807) is 45.0 Å². The van der Waals surface area contributed by atoms with Crippen molar-refractivity contribution < 1.29 is 19.1 Å². The number of amides is 2. The van der Waals surface area contributed by atoms with Gasteiger partial charge in [-0.3, -0.25) is 9.59 Å². The number of carbonyl (C=O) groups excluding carboxylic acids is 3. The maximum Gasteiger partial charge on any atom is 0.328 e. The minimum absolute atomic E-state index is 0.207. The summed E-state index contributed by atoms with van der Waals surface area (Å²) in [6, 6.07) is 16.4. The molecular formula is C28H35N3O4. The molecule has 0 spiro atoms. The lowest BCUT2D eigenvalue weighted by atomic mass is 9.78. The number of benzene rings is 2. The first-order valence-electron chi connectivity index (χ1n) is 11.9. The van der Waals surface area contributed by atoms with Crippen molar-refractivity contribution in [2.75, 3.05) is 6.61 Å². The van der Waals surface area contributed by atoms with Gasteiger partial charge in [-0.2, -0.15) is 5.26 Å². The number of hydrogen-bond acceptors (Lipinski definition) is 5. The smallest absolute Gasteiger partial charge is 0.328 e. The Balaban J connectivity index is 2.23. The summed E-state index contributed by atoms with van der Waals surface area (Å²) in [7, 11) is 0. The topological polar surface area (TPSA) is 108 Å². The molecule has 0 saturated heterocycles. The second-order valence-electron chi connectivity index (χ2n) is 9.53. The predicted molar refractivity (Wildman–Crippen MR) is 134 cm³/mol. The summed E-state index contributed by atoms with van der Waals surface area (Å²) in [5, 5.41) is 14.9. The van der Waals surface area contributed by atoms with E-state index >= 15 is 0 Å². The van der Waals surface area contributed by atoms with Crippen LogP contribution >= 0.6 is 0 Å². The highest BCUT2D eigenvalue weighted by Gasteiger charge is 2.40. The first-order valence-corrected chi connectivity index (χ1v) is 11.9. The Morgan fingerprint density at radius 2 is 1.63 bits per heavy atom. The van der Waals surface area contributed by atoms with Gasteiger partial charge in [-0.1, -0.05) is 44.2 Å². The van der Waals surface area contributed by atoms with Crippen LogP contribution in [0.2, 0.25) is 0 Å². The first-order chi connectivity index (χ1) is 16.6. The minimum atomic E-state index is -1.02. The molecule has 1 unspecified atom stereocenters. The predicted octanol–water partition coefficient (Wildman–Crippen LogP) is 4.02. The second kappa shape index (κ2) is 12.7. The highest BCUT2D eigenvalue weighted by Crippen LogP contribution is 2.27. The van der Waals surface area contributed by atoms with Crippen LogP contribution in [-0.2, 0) is 20.7 Å². The Hall–Kier alpha value is -3.66. The maximum absolute atomic E-state index is 13.5. The molecule has 0 heterocycles. The summed E-state index contributed by atoms with van der Waals surface area (Å²) in [6.07, 6.45) is 0.860. The van der Waals surface area contributed by atoms with Crippen molar-refractivity contribution >= 4 is 17.8 Å². The van der Waals surface area contributed by atoms with E-state index in [0.717, 1.165) is 5.56 Å². The average molecular weight is 478 g/mol. The molecule has 2 atom stereocenters. The lowest BCUT2D eigenvalue weighted by Gasteiger charge is -2.36. The van der Waals surface area contributed by atoms with Gasteiger partial charge in [0.05, 0.1) is 23.7 Å². The standard InChI is InChI=1S/C28H35N3O4/c1-6-35-26(33)23(17-20-10-8-7-9-11-20)30-27(34)28(4,5)24(16-19(2)3)31-25(32)22-14-12-21(18-29)13-15-22/h7-15,19,23-24H,6,16-17H2,1-5H3,(H,30,34)(H,31,32)/t23-,24?/m0/s1. The summed E-state index contributed by atoms with van der Waals surface area (Å²) < 4.78 is 5.21. The molecule has 2 rings (SSSR count). The highest BCUT2D eigenvalue weighted by molar-refractivity contribution is 5.95. The Kier molecular flexibility index (Phi) is 10.0. The number of ether oxygens (including phenoxy) is 1. The van der Waals surface area contributed by atoms with Crippen molar-refractivity contribution in [3.8, 4) is 6.07 Å². The third-order valence-corrected chi connectivity index (χ3v) is 5.90. The van der Waals surface area contributed by atoms with Crippen LogP contribution in [0.1, 0.15) is 62.5 Å². The van der Waals surface area contributed by atoms with Crippen LogP contribution < -0.4 is 10.6 Å². The fourth-order valence-corrected chi connectivity index (χ4v) is 3.73. The van der Waals surface area contributed by atoms with Crippen LogP contribution in [0.25, 0.3) is 0 Å². The third kappa shape index (κ3) is 7.96. The van der Waals surface area contributed by atoms with Crippen molar-refractivity contribution in [1.82, 2.24) is 10.6 Å². The number of nitriles is 1. The molecule has 35 heavy (non-hydrogen) atoms. The van der Waals surface area contributed by atoms with Crippen LogP contribution in [0.4, 0.5) is 0 Å². The van der Waals surface area contributed by atoms with Crippen LogP contribution in [0.15, 0.2) is 54.6 Å². The number of nitrogens with zero attached hydrogens (tertiary/aromatic N) is 1. The van der Waals surface area contributed by atoms with Crippen LogP contribution in [0.3, 0.4) is 0 Å². The van der Waals surface area contributed by atoms with E-state index in [9.17, 15) is 14.4 Å². The van der Waals surface area contributed by atoms with E-state index in [1.807, 2.05) is 50.2 Å². The number of rotatable bonds is 11. The Bertz CT molecular complexity index is 1040. The van der Waals surface area contributed by atoms with E-state index in [4.69, 9.17) is 10.00 Å². The van der Waals surface area contributed by atoms with E-state index < -0.39 is 23.5 Å². The maximum atomic E-state index is 13.5. The zero-order valence-electron chi connectivity index (χ0n) is 21.1. The molecule has 0 aliphatic heterocycles. The van der Waals surface area contributed by atoms with Gasteiger partial charge in [0.25, 0.3) is 5.91 Å². The molecule has 186 valence electrons. The Morgan fingerprint density at radius 3 is 2.17 bits per heavy atom. The number of esters is 1. The molecule has 0 aliphatic rings. The first kappa shape index (κ1) is 27.6. The van der Waals surface area contributed by atoms with Gasteiger partial charge < -0.3 is 15.4 Å². The lowest BCUT2D eigenvalue weighted by molar-refractivity contribution is -0.148. The second-order valence-corrected chi connectivity index (χ2v) is 9.53. The molecule has 0 radical (unpaired) electrons. The largest absolute Gasteiger partial charge is 0.464 e. The molecule has 2 amide bonds. The zero-order chi connectivity index (χ0) is 26.0. The Morgan fingerprint density at radius 1 is 1.00 bits per heavy atom. The van der Waals surface area contributed by atoms with Crippen LogP contribution in [0.5, 0.6) is 0 Å². The summed E-state index contributed by atoms with van der Waals surface area (Å²) in [6.45, 7) is 9.50. The molecule has 0 saturated carbocycles. The van der Waals surface area contributed by atoms with Gasteiger partial charge >= 0.3 is 5.97 Å². The molecule has 0 bridgehead atoms. The fourth-order valence-electron chi connectivity index (χ4n) is 3.73. The van der Waals surface area contributed by atoms with Crippen LogP contribution in [0, 0.1) is 22.7 Å². The molecule has 0 fully saturated rings. The number of carbonyl (C=O) groups is 3. The van der Waals surface area contributed by atoms with E-state index in [0.29, 0.717) is 24.0 Å². The molecule has 0 aliphatic carbocycles. The van der Waals surface area contributed by atoms with E-state index in [-0.39, 0.29) is 24.3 Å². The van der Waals surface area contributed by atoms with Crippen molar-refractivity contribution in [3.63, 3.8) is 0 Å². The summed E-state index contributed by atoms with van der Waals surface area (Å²) in [5.74, 6) is -0.967. The summed E-state index contributed by atoms with van der Waals surface area (Å²) in [5.41, 5.74) is 0.746. The van der Waals surface area contributed by atoms with Gasteiger partial charge in [-0.25, -0.2) is 4.79 Å². The monoisotopic (exact) mass is 477 g/mol. The molecular weight excluding hydrogens is 442 g/mol. The normalized spacial score (nSPS) is 12.8. The molecule has 2 N–H and O–H groups in total.